The molecule has 6 heteroatoms. The van der Waals surface area contributed by atoms with Gasteiger partial charge >= 0.3 is 0 Å². The van der Waals surface area contributed by atoms with E-state index in [4.69, 9.17) is 5.73 Å². The summed E-state index contributed by atoms with van der Waals surface area (Å²) in [6.07, 6.45) is 7.54. The fraction of sp³-hybridized carbons (Fsp3) is 0.875. The summed E-state index contributed by atoms with van der Waals surface area (Å²) in [6, 6.07) is 0.575. The van der Waals surface area contributed by atoms with E-state index in [0.29, 0.717) is 30.7 Å². The van der Waals surface area contributed by atoms with Crippen LogP contribution in [0, 0.1) is 5.92 Å². The third-order valence-corrected chi connectivity index (χ3v) is 5.52. The first-order valence-electron chi connectivity index (χ1n) is 8.48. The summed E-state index contributed by atoms with van der Waals surface area (Å²) in [5, 5.41) is 0. The summed E-state index contributed by atoms with van der Waals surface area (Å²) in [7, 11) is 0. The Balaban J connectivity index is 0.00000176. The van der Waals surface area contributed by atoms with Crippen LogP contribution in [0.15, 0.2) is 0 Å². The molecule has 3 aliphatic rings. The molecule has 3 rings (SSSR count). The second-order valence-electron chi connectivity index (χ2n) is 6.86. The quantitative estimate of drug-likeness (QED) is 0.854. The molecule has 1 aliphatic carbocycles. The molecular formula is C16H28ClN3O2. The molecule has 2 atom stereocenters. The molecule has 0 aromatic carbocycles. The van der Waals surface area contributed by atoms with Crippen molar-refractivity contribution >= 4 is 24.2 Å². The third kappa shape index (κ3) is 3.74. The number of rotatable bonds is 3. The molecule has 2 saturated heterocycles. The minimum absolute atomic E-state index is 0. The van der Waals surface area contributed by atoms with Crippen molar-refractivity contribution in [3.05, 3.63) is 0 Å². The fourth-order valence-corrected chi connectivity index (χ4v) is 4.15. The van der Waals surface area contributed by atoms with E-state index in [1.807, 2.05) is 9.80 Å². The van der Waals surface area contributed by atoms with Gasteiger partial charge in [-0.05, 0) is 38.0 Å². The first-order chi connectivity index (χ1) is 10.1. The standard InChI is InChI=1S/C16H27N3O2.ClH/c17-14-4-1-3-12(14)11-16(21)18-9-6-13(7-10-18)19-8-2-5-15(19)20;/h12-14H,1-11,17H2;1H/t12-,14+;/m0./s1. The Labute approximate surface area is 139 Å². The number of likely N-dealkylation sites (tertiary alicyclic amines) is 2. The summed E-state index contributed by atoms with van der Waals surface area (Å²) < 4.78 is 0. The molecule has 3 fully saturated rings. The topological polar surface area (TPSA) is 66.6 Å². The van der Waals surface area contributed by atoms with Crippen LogP contribution in [0.25, 0.3) is 0 Å². The molecule has 0 spiro atoms. The van der Waals surface area contributed by atoms with E-state index < -0.39 is 0 Å². The second kappa shape index (κ2) is 7.64. The maximum atomic E-state index is 12.4. The number of hydrogen-bond donors (Lipinski definition) is 1. The van der Waals surface area contributed by atoms with Crippen LogP contribution < -0.4 is 5.73 Å². The Morgan fingerprint density at radius 3 is 2.36 bits per heavy atom. The van der Waals surface area contributed by atoms with Gasteiger partial charge in [-0.25, -0.2) is 0 Å². The number of halogens is 1. The zero-order chi connectivity index (χ0) is 14.8. The van der Waals surface area contributed by atoms with E-state index in [-0.39, 0.29) is 24.4 Å². The van der Waals surface area contributed by atoms with E-state index in [2.05, 4.69) is 0 Å². The molecule has 0 aromatic heterocycles. The second-order valence-corrected chi connectivity index (χ2v) is 6.86. The highest BCUT2D eigenvalue weighted by molar-refractivity contribution is 5.85. The maximum absolute atomic E-state index is 12.4. The molecule has 2 aliphatic heterocycles. The number of carbonyl (C=O) groups excluding carboxylic acids is 2. The van der Waals surface area contributed by atoms with Gasteiger partial charge in [0.15, 0.2) is 0 Å². The molecule has 5 nitrogen and oxygen atoms in total. The maximum Gasteiger partial charge on any atom is 0.222 e. The van der Waals surface area contributed by atoms with Crippen LogP contribution in [0.3, 0.4) is 0 Å². The van der Waals surface area contributed by atoms with Gasteiger partial charge in [0.25, 0.3) is 0 Å². The smallest absolute Gasteiger partial charge is 0.222 e. The van der Waals surface area contributed by atoms with Crippen LogP contribution >= 0.6 is 12.4 Å². The van der Waals surface area contributed by atoms with Gasteiger partial charge in [0.1, 0.15) is 0 Å². The van der Waals surface area contributed by atoms with E-state index >= 15 is 0 Å². The van der Waals surface area contributed by atoms with Crippen molar-refractivity contribution in [2.45, 2.75) is 63.5 Å². The Hall–Kier alpha value is -0.810. The lowest BCUT2D eigenvalue weighted by Crippen LogP contribution is -2.47. The van der Waals surface area contributed by atoms with Crippen LogP contribution in [-0.2, 0) is 9.59 Å². The average molecular weight is 330 g/mol. The summed E-state index contributed by atoms with van der Waals surface area (Å²) in [4.78, 5) is 28.2. The van der Waals surface area contributed by atoms with E-state index in [1.54, 1.807) is 0 Å². The number of nitrogens with zero attached hydrogens (tertiary/aromatic N) is 2. The monoisotopic (exact) mass is 329 g/mol. The molecule has 126 valence electrons. The van der Waals surface area contributed by atoms with Crippen molar-refractivity contribution in [3.8, 4) is 0 Å². The molecule has 2 amide bonds. The van der Waals surface area contributed by atoms with Gasteiger partial charge in [0.05, 0.1) is 0 Å². The Morgan fingerprint density at radius 2 is 1.82 bits per heavy atom. The Bertz CT molecular complexity index is 410. The molecule has 0 radical (unpaired) electrons. The van der Waals surface area contributed by atoms with Crippen molar-refractivity contribution < 1.29 is 9.59 Å². The van der Waals surface area contributed by atoms with Gasteiger partial charge in [0.2, 0.25) is 11.8 Å². The van der Waals surface area contributed by atoms with Gasteiger partial charge < -0.3 is 15.5 Å². The van der Waals surface area contributed by atoms with Gasteiger partial charge in [-0.3, -0.25) is 9.59 Å². The number of amides is 2. The largest absolute Gasteiger partial charge is 0.343 e. The van der Waals surface area contributed by atoms with E-state index in [9.17, 15) is 9.59 Å². The molecule has 1 saturated carbocycles. The first kappa shape index (κ1) is 17.5. The first-order valence-corrected chi connectivity index (χ1v) is 8.48. The van der Waals surface area contributed by atoms with Gasteiger partial charge in [0, 0.05) is 44.6 Å². The summed E-state index contributed by atoms with van der Waals surface area (Å²) >= 11 is 0. The number of carbonyl (C=O) groups is 2. The zero-order valence-electron chi connectivity index (χ0n) is 13.2. The molecule has 2 heterocycles. The van der Waals surface area contributed by atoms with Crippen molar-refractivity contribution in [2.24, 2.45) is 11.7 Å². The van der Waals surface area contributed by atoms with Crippen molar-refractivity contribution in [1.82, 2.24) is 9.80 Å². The van der Waals surface area contributed by atoms with E-state index in [1.165, 1.54) is 0 Å². The zero-order valence-corrected chi connectivity index (χ0v) is 14.0. The number of piperidine rings is 1. The minimum atomic E-state index is 0. The molecule has 0 unspecified atom stereocenters. The summed E-state index contributed by atoms with van der Waals surface area (Å²) in [6.45, 7) is 2.51. The minimum Gasteiger partial charge on any atom is -0.343 e. The normalized spacial score (nSPS) is 29.8. The Morgan fingerprint density at radius 1 is 1.09 bits per heavy atom. The van der Waals surface area contributed by atoms with Crippen molar-refractivity contribution in [1.29, 1.82) is 0 Å². The van der Waals surface area contributed by atoms with Crippen molar-refractivity contribution in [2.75, 3.05) is 19.6 Å². The van der Waals surface area contributed by atoms with Gasteiger partial charge in [-0.15, -0.1) is 12.4 Å². The predicted molar refractivity (Wildman–Crippen MR) is 87.7 cm³/mol. The SMILES string of the molecule is Cl.N[C@@H]1CCC[C@H]1CC(=O)N1CCC(N2CCCC2=O)CC1. The van der Waals surface area contributed by atoms with Crippen molar-refractivity contribution in [3.63, 3.8) is 0 Å². The molecule has 2 N–H and O–H groups in total. The number of hydrogen-bond acceptors (Lipinski definition) is 3. The number of nitrogens with two attached hydrogens (primary N) is 1. The lowest BCUT2D eigenvalue weighted by molar-refractivity contribution is -0.135. The predicted octanol–water partition coefficient (Wildman–Crippen LogP) is 1.54. The van der Waals surface area contributed by atoms with Crippen LogP contribution in [0.2, 0.25) is 0 Å². The summed E-state index contributed by atoms with van der Waals surface area (Å²) in [5.74, 6) is 0.954. The van der Waals surface area contributed by atoms with Crippen LogP contribution in [0.5, 0.6) is 0 Å². The van der Waals surface area contributed by atoms with Crippen LogP contribution in [-0.4, -0.2) is 53.3 Å². The van der Waals surface area contributed by atoms with Gasteiger partial charge in [-0.1, -0.05) is 6.42 Å². The fourth-order valence-electron chi connectivity index (χ4n) is 4.15. The highest BCUT2D eigenvalue weighted by atomic mass is 35.5. The summed E-state index contributed by atoms with van der Waals surface area (Å²) in [5.41, 5.74) is 6.06. The highest BCUT2D eigenvalue weighted by Gasteiger charge is 2.33. The lowest BCUT2D eigenvalue weighted by Gasteiger charge is -2.37. The molecule has 0 bridgehead atoms. The van der Waals surface area contributed by atoms with E-state index in [0.717, 1.165) is 58.2 Å². The molecule has 0 aromatic rings. The van der Waals surface area contributed by atoms with Crippen LogP contribution in [0.1, 0.15) is 51.4 Å². The lowest BCUT2D eigenvalue weighted by atomic mass is 9.97. The average Bonchev–Trinajstić information content (AvgIpc) is 3.08. The molecule has 22 heavy (non-hydrogen) atoms. The van der Waals surface area contributed by atoms with Gasteiger partial charge in [-0.2, -0.15) is 0 Å². The highest BCUT2D eigenvalue weighted by Crippen LogP contribution is 2.28. The Kier molecular flexibility index (Phi) is 6.09. The third-order valence-electron chi connectivity index (χ3n) is 5.52. The molecular weight excluding hydrogens is 302 g/mol. The van der Waals surface area contributed by atoms with Crippen LogP contribution in [0.4, 0.5) is 0 Å².